The molecule has 0 bridgehead atoms. The van der Waals surface area contributed by atoms with Gasteiger partial charge in [-0.3, -0.25) is 4.52 Å². The van der Waals surface area contributed by atoms with Crippen LogP contribution in [0.2, 0.25) is 0 Å². The van der Waals surface area contributed by atoms with Crippen molar-refractivity contribution < 1.29 is 44.0 Å². The molecule has 0 radical (unpaired) electrons. The van der Waals surface area contributed by atoms with Crippen LogP contribution in [0.3, 0.4) is 0 Å². The molecule has 96 valence electrons. The first kappa shape index (κ1) is 14.0. The Morgan fingerprint density at radius 2 is 1.88 bits per heavy atom. The van der Waals surface area contributed by atoms with Crippen LogP contribution in [0.4, 0.5) is 0 Å². The minimum atomic E-state index is -4.88. The lowest BCUT2D eigenvalue weighted by Gasteiger charge is -2.18. The van der Waals surface area contributed by atoms with Gasteiger partial charge in [0.25, 0.3) is 0 Å². The Balaban J connectivity index is 2.68. The van der Waals surface area contributed by atoms with E-state index in [-0.39, 0.29) is 0 Å². The van der Waals surface area contributed by atoms with Gasteiger partial charge in [0, 0.05) is 0 Å². The van der Waals surface area contributed by atoms with Crippen molar-refractivity contribution in [3.8, 4) is 0 Å². The van der Waals surface area contributed by atoms with E-state index in [1.165, 1.54) is 0 Å². The Hall–Kier alpha value is -0.0900. The maximum absolute atomic E-state index is 10.5. The summed E-state index contributed by atoms with van der Waals surface area (Å²) in [6.07, 6.45) is -7.97. The normalized spacial score (nSPS) is 37.6. The van der Waals surface area contributed by atoms with Gasteiger partial charge < -0.3 is 34.9 Å². The molecule has 0 aromatic carbocycles. The van der Waals surface area contributed by atoms with Gasteiger partial charge >= 0.3 is 7.82 Å². The van der Waals surface area contributed by atoms with E-state index in [1.807, 2.05) is 0 Å². The maximum Gasteiger partial charge on any atom is 0.472 e. The number of phosphoric acid groups is 1. The van der Waals surface area contributed by atoms with E-state index in [0.717, 1.165) is 0 Å². The summed E-state index contributed by atoms with van der Waals surface area (Å²) in [6, 6.07) is 0. The summed E-state index contributed by atoms with van der Waals surface area (Å²) in [5.74, 6) is 0. The summed E-state index contributed by atoms with van der Waals surface area (Å²) < 4.78 is 19.2. The first-order valence-corrected chi connectivity index (χ1v) is 5.83. The second-order valence-corrected chi connectivity index (χ2v) is 4.49. The molecule has 0 aromatic heterocycles. The summed E-state index contributed by atoms with van der Waals surface area (Å²) in [5.41, 5.74) is 0. The predicted octanol–water partition coefficient (Wildman–Crippen LogP) is -3.10. The van der Waals surface area contributed by atoms with Gasteiger partial charge in [-0.1, -0.05) is 0 Å². The van der Waals surface area contributed by atoms with Crippen molar-refractivity contribution in [3.63, 3.8) is 0 Å². The Labute approximate surface area is 90.1 Å². The molecule has 0 saturated carbocycles. The molecule has 10 heteroatoms. The summed E-state index contributed by atoms with van der Waals surface area (Å²) in [5, 5.41) is 36.4. The van der Waals surface area contributed by atoms with E-state index in [1.54, 1.807) is 0 Å². The lowest BCUT2D eigenvalue weighted by molar-refractivity contribution is -0.144. The van der Waals surface area contributed by atoms with Crippen LogP contribution < -0.4 is 0 Å². The highest BCUT2D eigenvalue weighted by molar-refractivity contribution is 7.46. The van der Waals surface area contributed by atoms with Gasteiger partial charge in [-0.2, -0.15) is 0 Å². The van der Waals surface area contributed by atoms with E-state index >= 15 is 0 Å². The minimum absolute atomic E-state index is 0.739. The van der Waals surface area contributed by atoms with E-state index in [0.29, 0.717) is 0 Å². The molecular weight excluding hydrogens is 247 g/mol. The molecule has 1 rings (SSSR count). The van der Waals surface area contributed by atoms with Crippen molar-refractivity contribution in [2.75, 3.05) is 6.61 Å². The van der Waals surface area contributed by atoms with Crippen LogP contribution >= 0.6 is 7.82 Å². The van der Waals surface area contributed by atoms with E-state index in [4.69, 9.17) is 24.7 Å². The molecule has 9 nitrogen and oxygen atoms in total. The minimum Gasteiger partial charge on any atom is -0.394 e. The van der Waals surface area contributed by atoms with E-state index in [9.17, 15) is 14.8 Å². The molecule has 1 heterocycles. The molecule has 6 N–H and O–H groups in total. The monoisotopic (exact) mass is 260 g/mol. The number of aliphatic hydroxyl groups excluding tert-OH is 4. The molecular formula is C6H13O9P. The van der Waals surface area contributed by atoms with Gasteiger partial charge in [-0.05, 0) is 0 Å². The molecule has 16 heavy (non-hydrogen) atoms. The first-order valence-electron chi connectivity index (χ1n) is 4.30. The van der Waals surface area contributed by atoms with Crippen LogP contribution in [0.5, 0.6) is 0 Å². The standard InChI is InChI=1S/C6H13O9P/c7-1-2(8)5-3(9)4(10)6(14-5)15-16(11,12)13/h2-10H,1H2,(H2,11,12,13)/t2-,3+,4+,5-,6+/m0/s1. The smallest absolute Gasteiger partial charge is 0.394 e. The van der Waals surface area contributed by atoms with Crippen LogP contribution in [0, 0.1) is 0 Å². The number of phosphoric ester groups is 1. The Morgan fingerprint density at radius 1 is 1.31 bits per heavy atom. The highest BCUT2D eigenvalue weighted by Gasteiger charge is 2.48. The zero-order chi connectivity index (χ0) is 12.5. The van der Waals surface area contributed by atoms with Gasteiger partial charge in [0.1, 0.15) is 24.4 Å². The third-order valence-corrected chi connectivity index (χ3v) is 2.55. The van der Waals surface area contributed by atoms with Crippen molar-refractivity contribution in [3.05, 3.63) is 0 Å². The molecule has 0 amide bonds. The quantitative estimate of drug-likeness (QED) is 0.288. The van der Waals surface area contributed by atoms with Gasteiger partial charge in [-0.25, -0.2) is 4.57 Å². The zero-order valence-electron chi connectivity index (χ0n) is 7.95. The molecule has 1 saturated heterocycles. The van der Waals surface area contributed by atoms with Gasteiger partial charge in [0.05, 0.1) is 6.61 Å². The summed E-state index contributed by atoms with van der Waals surface area (Å²) in [6.45, 7) is -0.739. The SMILES string of the molecule is O=P(O)(O)O[C@H]1O[C@@H]([C@@H](O)CO)[C@H](O)[C@H]1O. The van der Waals surface area contributed by atoms with E-state index in [2.05, 4.69) is 4.52 Å². The summed E-state index contributed by atoms with van der Waals surface area (Å²) in [4.78, 5) is 16.9. The van der Waals surface area contributed by atoms with Crippen molar-refractivity contribution in [2.24, 2.45) is 0 Å². The molecule has 1 fully saturated rings. The van der Waals surface area contributed by atoms with Crippen molar-refractivity contribution in [1.29, 1.82) is 0 Å². The van der Waals surface area contributed by atoms with E-state index < -0.39 is 45.1 Å². The van der Waals surface area contributed by atoms with Gasteiger partial charge in [0.2, 0.25) is 0 Å². The maximum atomic E-state index is 10.5. The summed E-state index contributed by atoms with van der Waals surface area (Å²) >= 11 is 0. The van der Waals surface area contributed by atoms with Crippen LogP contribution in [0.15, 0.2) is 0 Å². The van der Waals surface area contributed by atoms with Crippen LogP contribution in [0.25, 0.3) is 0 Å². The van der Waals surface area contributed by atoms with Crippen LogP contribution in [-0.4, -0.2) is 67.5 Å². The molecule has 0 aromatic rings. The highest BCUT2D eigenvalue weighted by atomic mass is 31.2. The number of ether oxygens (including phenoxy) is 1. The third kappa shape index (κ3) is 3.20. The second-order valence-electron chi connectivity index (χ2n) is 3.30. The first-order chi connectivity index (χ1) is 7.26. The number of hydrogen-bond donors (Lipinski definition) is 6. The Bertz CT molecular complexity index is 277. The predicted molar refractivity (Wildman–Crippen MR) is 46.9 cm³/mol. The van der Waals surface area contributed by atoms with Gasteiger partial charge in [-0.15, -0.1) is 0 Å². The van der Waals surface area contributed by atoms with Gasteiger partial charge in [0.15, 0.2) is 6.29 Å². The highest BCUT2D eigenvalue weighted by Crippen LogP contribution is 2.41. The number of aliphatic hydroxyl groups is 4. The average molecular weight is 260 g/mol. The molecule has 5 atom stereocenters. The largest absolute Gasteiger partial charge is 0.472 e. The number of hydrogen-bond acceptors (Lipinski definition) is 7. The topological polar surface area (TPSA) is 157 Å². The Morgan fingerprint density at radius 3 is 2.31 bits per heavy atom. The molecule has 1 aliphatic heterocycles. The van der Waals surface area contributed by atoms with Crippen molar-refractivity contribution >= 4 is 7.82 Å². The second kappa shape index (κ2) is 5.05. The summed E-state index contributed by atoms with van der Waals surface area (Å²) in [7, 11) is -4.88. The number of rotatable bonds is 4. The molecule has 0 aliphatic carbocycles. The van der Waals surface area contributed by atoms with Crippen molar-refractivity contribution in [2.45, 2.75) is 30.7 Å². The lowest BCUT2D eigenvalue weighted by Crippen LogP contribution is -2.40. The molecule has 1 aliphatic rings. The third-order valence-electron chi connectivity index (χ3n) is 2.06. The zero-order valence-corrected chi connectivity index (χ0v) is 8.84. The van der Waals surface area contributed by atoms with Crippen LogP contribution in [-0.2, 0) is 13.8 Å². The Kier molecular flexibility index (Phi) is 4.41. The lowest BCUT2D eigenvalue weighted by atomic mass is 10.1. The average Bonchev–Trinajstić information content (AvgIpc) is 2.43. The fourth-order valence-corrected chi connectivity index (χ4v) is 1.76. The fraction of sp³-hybridized carbons (Fsp3) is 1.00. The van der Waals surface area contributed by atoms with Crippen LogP contribution in [0.1, 0.15) is 0 Å². The molecule has 0 spiro atoms. The van der Waals surface area contributed by atoms with Crippen molar-refractivity contribution in [1.82, 2.24) is 0 Å². The molecule has 0 unspecified atom stereocenters. The fourth-order valence-electron chi connectivity index (χ4n) is 1.32.